The SMILES string of the molecule is O=C(O)c1ccc(N2CC[C@@H](O)C2)cc1. The minimum absolute atomic E-state index is 0.260. The van der Waals surface area contributed by atoms with Crippen LogP contribution in [-0.4, -0.2) is 35.4 Å². The van der Waals surface area contributed by atoms with Gasteiger partial charge < -0.3 is 15.1 Å². The Morgan fingerprint density at radius 2 is 2.00 bits per heavy atom. The molecule has 1 atom stereocenters. The molecule has 15 heavy (non-hydrogen) atoms. The second-order valence-corrected chi connectivity index (χ2v) is 3.74. The first-order valence-corrected chi connectivity index (χ1v) is 4.93. The van der Waals surface area contributed by atoms with Crippen molar-refractivity contribution in [2.24, 2.45) is 0 Å². The third kappa shape index (κ3) is 2.10. The number of aromatic carboxylic acids is 1. The Bertz CT molecular complexity index is 361. The second kappa shape index (κ2) is 3.90. The molecule has 1 aromatic carbocycles. The average Bonchev–Trinajstić information content (AvgIpc) is 2.65. The van der Waals surface area contributed by atoms with Gasteiger partial charge in [-0.1, -0.05) is 0 Å². The van der Waals surface area contributed by atoms with Gasteiger partial charge in [-0.2, -0.15) is 0 Å². The molecule has 1 aliphatic rings. The number of hydrogen-bond donors (Lipinski definition) is 2. The number of rotatable bonds is 2. The van der Waals surface area contributed by atoms with Gasteiger partial charge in [-0.05, 0) is 30.7 Å². The average molecular weight is 207 g/mol. The molecule has 0 amide bonds. The summed E-state index contributed by atoms with van der Waals surface area (Å²) in [6.45, 7) is 1.46. The number of aliphatic hydroxyl groups is 1. The fourth-order valence-electron chi connectivity index (χ4n) is 1.79. The van der Waals surface area contributed by atoms with Crippen LogP contribution in [0, 0.1) is 0 Å². The molecule has 2 rings (SSSR count). The number of carboxylic acids is 1. The van der Waals surface area contributed by atoms with Crippen LogP contribution in [0.2, 0.25) is 0 Å². The lowest BCUT2D eigenvalue weighted by atomic mass is 10.2. The van der Waals surface area contributed by atoms with Crippen LogP contribution in [-0.2, 0) is 0 Å². The van der Waals surface area contributed by atoms with Crippen molar-refractivity contribution in [1.82, 2.24) is 0 Å². The predicted molar refractivity (Wildman–Crippen MR) is 56.2 cm³/mol. The highest BCUT2D eigenvalue weighted by atomic mass is 16.4. The normalized spacial score (nSPS) is 20.6. The van der Waals surface area contributed by atoms with Crippen molar-refractivity contribution in [1.29, 1.82) is 0 Å². The van der Waals surface area contributed by atoms with E-state index in [4.69, 9.17) is 5.11 Å². The van der Waals surface area contributed by atoms with Crippen LogP contribution in [0.15, 0.2) is 24.3 Å². The van der Waals surface area contributed by atoms with Gasteiger partial charge in [0.25, 0.3) is 0 Å². The zero-order valence-corrected chi connectivity index (χ0v) is 8.26. The van der Waals surface area contributed by atoms with Crippen LogP contribution in [0.3, 0.4) is 0 Å². The molecule has 0 unspecified atom stereocenters. The number of carbonyl (C=O) groups is 1. The summed E-state index contributed by atoms with van der Waals surface area (Å²) >= 11 is 0. The van der Waals surface area contributed by atoms with Crippen LogP contribution in [0.25, 0.3) is 0 Å². The predicted octanol–water partition coefficient (Wildman–Crippen LogP) is 0.956. The lowest BCUT2D eigenvalue weighted by Gasteiger charge is -2.17. The van der Waals surface area contributed by atoms with Gasteiger partial charge in [0, 0.05) is 18.8 Å². The van der Waals surface area contributed by atoms with E-state index in [1.54, 1.807) is 24.3 Å². The highest BCUT2D eigenvalue weighted by Crippen LogP contribution is 2.20. The van der Waals surface area contributed by atoms with E-state index in [9.17, 15) is 9.90 Å². The first kappa shape index (κ1) is 9.98. The van der Waals surface area contributed by atoms with E-state index in [2.05, 4.69) is 4.90 Å². The van der Waals surface area contributed by atoms with E-state index in [0.29, 0.717) is 12.1 Å². The van der Waals surface area contributed by atoms with Crippen molar-refractivity contribution in [3.63, 3.8) is 0 Å². The first-order valence-electron chi connectivity index (χ1n) is 4.93. The number of benzene rings is 1. The number of hydrogen-bond acceptors (Lipinski definition) is 3. The maximum absolute atomic E-state index is 10.6. The molecule has 1 aliphatic heterocycles. The maximum Gasteiger partial charge on any atom is 0.335 e. The topological polar surface area (TPSA) is 60.8 Å². The van der Waals surface area contributed by atoms with Crippen molar-refractivity contribution < 1.29 is 15.0 Å². The molecule has 0 spiro atoms. The molecule has 1 fully saturated rings. The molecule has 1 aromatic rings. The van der Waals surface area contributed by atoms with Gasteiger partial charge in [0.05, 0.1) is 11.7 Å². The molecule has 2 N–H and O–H groups in total. The zero-order chi connectivity index (χ0) is 10.8. The monoisotopic (exact) mass is 207 g/mol. The molecule has 1 saturated heterocycles. The lowest BCUT2D eigenvalue weighted by molar-refractivity contribution is 0.0697. The van der Waals surface area contributed by atoms with Gasteiger partial charge >= 0.3 is 5.97 Å². The summed E-state index contributed by atoms with van der Waals surface area (Å²) < 4.78 is 0. The fraction of sp³-hybridized carbons (Fsp3) is 0.364. The molecule has 0 aromatic heterocycles. The number of aliphatic hydroxyl groups excluding tert-OH is 1. The summed E-state index contributed by atoms with van der Waals surface area (Å²) in [4.78, 5) is 12.7. The van der Waals surface area contributed by atoms with Crippen molar-refractivity contribution >= 4 is 11.7 Å². The molecule has 0 radical (unpaired) electrons. The Labute approximate surface area is 87.8 Å². The van der Waals surface area contributed by atoms with E-state index in [-0.39, 0.29) is 6.10 Å². The molecule has 1 heterocycles. The van der Waals surface area contributed by atoms with Gasteiger partial charge in [-0.25, -0.2) is 4.79 Å². The quantitative estimate of drug-likeness (QED) is 0.758. The third-order valence-corrected chi connectivity index (χ3v) is 2.64. The molecule has 0 bridgehead atoms. The fourth-order valence-corrected chi connectivity index (χ4v) is 1.79. The summed E-state index contributed by atoms with van der Waals surface area (Å²) in [5.41, 5.74) is 1.26. The van der Waals surface area contributed by atoms with Crippen LogP contribution in [0.1, 0.15) is 16.8 Å². The van der Waals surface area contributed by atoms with E-state index in [1.165, 1.54) is 0 Å². The summed E-state index contributed by atoms with van der Waals surface area (Å²) in [6.07, 6.45) is 0.518. The molecule has 0 saturated carbocycles. The van der Waals surface area contributed by atoms with Crippen LogP contribution in [0.4, 0.5) is 5.69 Å². The van der Waals surface area contributed by atoms with Crippen molar-refractivity contribution in [3.8, 4) is 0 Å². The molecule has 4 nitrogen and oxygen atoms in total. The second-order valence-electron chi connectivity index (χ2n) is 3.74. The Kier molecular flexibility index (Phi) is 2.60. The number of carboxylic acid groups (broad SMARTS) is 1. The Morgan fingerprint density at radius 3 is 2.47 bits per heavy atom. The van der Waals surface area contributed by atoms with Crippen molar-refractivity contribution in [3.05, 3.63) is 29.8 Å². The van der Waals surface area contributed by atoms with Gasteiger partial charge in [-0.15, -0.1) is 0 Å². The van der Waals surface area contributed by atoms with Crippen LogP contribution in [0.5, 0.6) is 0 Å². The smallest absolute Gasteiger partial charge is 0.335 e. The minimum atomic E-state index is -0.914. The molecule has 4 heteroatoms. The van der Waals surface area contributed by atoms with Crippen molar-refractivity contribution in [2.45, 2.75) is 12.5 Å². The lowest BCUT2D eigenvalue weighted by Crippen LogP contribution is -2.21. The number of anilines is 1. The number of β-amino-alcohol motifs (C(OH)–C–C–N with tert-alkyl or cyclic N) is 1. The van der Waals surface area contributed by atoms with Gasteiger partial charge in [0.15, 0.2) is 0 Å². The van der Waals surface area contributed by atoms with Crippen LogP contribution >= 0.6 is 0 Å². The summed E-state index contributed by atoms with van der Waals surface area (Å²) in [5, 5.41) is 18.1. The largest absolute Gasteiger partial charge is 0.478 e. The minimum Gasteiger partial charge on any atom is -0.478 e. The molecular weight excluding hydrogens is 194 g/mol. The summed E-state index contributed by atoms with van der Waals surface area (Å²) in [6, 6.07) is 6.73. The number of nitrogens with zero attached hydrogens (tertiary/aromatic N) is 1. The Morgan fingerprint density at radius 1 is 1.33 bits per heavy atom. The summed E-state index contributed by atoms with van der Waals surface area (Å²) in [5.74, 6) is -0.914. The van der Waals surface area contributed by atoms with Gasteiger partial charge in [0.2, 0.25) is 0 Å². The van der Waals surface area contributed by atoms with E-state index >= 15 is 0 Å². The van der Waals surface area contributed by atoms with Gasteiger partial charge in [-0.3, -0.25) is 0 Å². The molecule has 80 valence electrons. The zero-order valence-electron chi connectivity index (χ0n) is 8.26. The van der Waals surface area contributed by atoms with E-state index < -0.39 is 5.97 Å². The standard InChI is InChI=1S/C11H13NO3/c13-10-5-6-12(7-10)9-3-1-8(2-4-9)11(14)15/h1-4,10,13H,5-7H2,(H,14,15)/t10-/m1/s1. The summed E-state index contributed by atoms with van der Waals surface area (Å²) in [7, 11) is 0. The Hall–Kier alpha value is -1.55. The highest BCUT2D eigenvalue weighted by molar-refractivity contribution is 5.88. The molecule has 0 aliphatic carbocycles. The van der Waals surface area contributed by atoms with E-state index in [1.807, 2.05) is 0 Å². The van der Waals surface area contributed by atoms with Crippen LogP contribution < -0.4 is 4.90 Å². The van der Waals surface area contributed by atoms with Gasteiger partial charge in [0.1, 0.15) is 0 Å². The van der Waals surface area contributed by atoms with Crippen molar-refractivity contribution in [2.75, 3.05) is 18.0 Å². The third-order valence-electron chi connectivity index (χ3n) is 2.64. The Balaban J connectivity index is 2.13. The first-order chi connectivity index (χ1) is 7.16. The highest BCUT2D eigenvalue weighted by Gasteiger charge is 2.20. The van der Waals surface area contributed by atoms with E-state index in [0.717, 1.165) is 18.7 Å². The molecular formula is C11H13NO3. The maximum atomic E-state index is 10.6.